The normalized spacial score (nSPS) is 16.2. The molecule has 5 aromatic rings. The predicted octanol–water partition coefficient (Wildman–Crippen LogP) is 5.71. The van der Waals surface area contributed by atoms with E-state index in [1.807, 2.05) is 48.5 Å². The van der Waals surface area contributed by atoms with E-state index in [-0.39, 0.29) is 10.9 Å². The summed E-state index contributed by atoms with van der Waals surface area (Å²) in [5, 5.41) is 0.915. The molecule has 9 heteroatoms. The summed E-state index contributed by atoms with van der Waals surface area (Å²) < 4.78 is 51.6. The van der Waals surface area contributed by atoms with Crippen LogP contribution in [0.4, 0.5) is 0 Å². The van der Waals surface area contributed by atoms with E-state index in [1.54, 1.807) is 44.6 Å². The summed E-state index contributed by atoms with van der Waals surface area (Å²) in [6, 6.07) is 28.3. The molecule has 2 aliphatic rings. The summed E-state index contributed by atoms with van der Waals surface area (Å²) in [7, 11) is -0.761. The van der Waals surface area contributed by atoms with E-state index >= 15 is 0 Å². The maximum atomic E-state index is 13.4. The van der Waals surface area contributed by atoms with Gasteiger partial charge in [-0.3, -0.25) is 9.18 Å². The molecule has 1 unspecified atom stereocenters. The molecule has 1 aromatic heterocycles. The van der Waals surface area contributed by atoms with Crippen LogP contribution in [0.1, 0.15) is 34.0 Å². The quantitative estimate of drug-likeness (QED) is 0.227. The molecule has 220 valence electrons. The fourth-order valence-corrected chi connectivity index (χ4v) is 7.21. The van der Waals surface area contributed by atoms with Crippen LogP contribution in [0.5, 0.6) is 17.2 Å². The van der Waals surface area contributed by atoms with Crippen LogP contribution in [-0.4, -0.2) is 38.8 Å². The van der Waals surface area contributed by atoms with Crippen LogP contribution in [0.3, 0.4) is 0 Å². The fraction of sp³-hybridized carbons (Fsp3) is 0.235. The van der Waals surface area contributed by atoms with Crippen LogP contribution in [0.15, 0.2) is 95.9 Å². The molecule has 7 rings (SSSR count). The van der Waals surface area contributed by atoms with Crippen molar-refractivity contribution >= 4 is 21.0 Å². The van der Waals surface area contributed by atoms with E-state index in [0.717, 1.165) is 40.9 Å². The van der Waals surface area contributed by atoms with Gasteiger partial charge in [0.1, 0.15) is 17.3 Å². The number of rotatable bonds is 8. The average molecular weight is 597 g/mol. The zero-order valence-electron chi connectivity index (χ0n) is 24.0. The van der Waals surface area contributed by atoms with Crippen LogP contribution >= 0.6 is 0 Å². The number of methoxy groups -OCH3 is 2. The third kappa shape index (κ3) is 4.98. The van der Waals surface area contributed by atoms with E-state index in [9.17, 15) is 8.42 Å². The molecule has 0 N–H and O–H groups in total. The third-order valence-electron chi connectivity index (χ3n) is 8.43. The van der Waals surface area contributed by atoms with Gasteiger partial charge in [-0.15, -0.1) is 0 Å². The molecule has 8 nitrogen and oxygen atoms in total. The van der Waals surface area contributed by atoms with Crippen molar-refractivity contribution in [2.75, 3.05) is 20.8 Å². The van der Waals surface area contributed by atoms with Gasteiger partial charge in [0.25, 0.3) is 0 Å². The van der Waals surface area contributed by atoms with Crippen LogP contribution in [-0.2, 0) is 36.1 Å². The first-order valence-corrected chi connectivity index (χ1v) is 15.7. The van der Waals surface area contributed by atoms with Gasteiger partial charge in [0, 0.05) is 24.5 Å². The highest BCUT2D eigenvalue weighted by molar-refractivity contribution is 7.87. The summed E-state index contributed by atoms with van der Waals surface area (Å²) in [5.74, 6) is 2.13. The monoisotopic (exact) mass is 596 g/mol. The Morgan fingerprint density at radius 1 is 0.860 bits per heavy atom. The second-order valence-corrected chi connectivity index (χ2v) is 12.4. The molecule has 0 saturated carbocycles. The van der Waals surface area contributed by atoms with Crippen molar-refractivity contribution in [1.82, 2.24) is 9.63 Å². The zero-order valence-corrected chi connectivity index (χ0v) is 24.8. The Bertz CT molecular complexity index is 1900. The molecule has 0 spiro atoms. The molecular formula is C34H32N2O6S. The van der Waals surface area contributed by atoms with Crippen molar-refractivity contribution in [3.05, 3.63) is 119 Å². The Hall–Kier alpha value is -4.47. The lowest BCUT2D eigenvalue weighted by atomic mass is 9.85. The minimum absolute atomic E-state index is 0.0808. The van der Waals surface area contributed by atoms with Gasteiger partial charge >= 0.3 is 10.1 Å². The highest BCUT2D eigenvalue weighted by atomic mass is 32.2. The van der Waals surface area contributed by atoms with E-state index in [2.05, 4.69) is 17.0 Å². The van der Waals surface area contributed by atoms with Crippen LogP contribution < -0.4 is 18.5 Å². The number of benzene rings is 4. The molecule has 0 saturated heterocycles. The van der Waals surface area contributed by atoms with Gasteiger partial charge in [0.05, 0.1) is 25.4 Å². The second kappa shape index (κ2) is 11.0. The first-order valence-electron chi connectivity index (χ1n) is 14.3. The maximum Gasteiger partial charge on any atom is 0.357 e. The third-order valence-corrected chi connectivity index (χ3v) is 9.62. The first-order chi connectivity index (χ1) is 20.9. The highest BCUT2D eigenvalue weighted by Crippen LogP contribution is 2.45. The van der Waals surface area contributed by atoms with Gasteiger partial charge in [0.2, 0.25) is 0 Å². The summed E-state index contributed by atoms with van der Waals surface area (Å²) in [6.07, 6.45) is 1.52. The van der Waals surface area contributed by atoms with Gasteiger partial charge in [-0.25, -0.2) is 0 Å². The van der Waals surface area contributed by atoms with Gasteiger partial charge in [-0.05, 0) is 77.6 Å². The molecule has 0 fully saturated rings. The summed E-state index contributed by atoms with van der Waals surface area (Å²) in [6.45, 7) is 1.79. The number of hydrogen-bond acceptors (Lipinski definition) is 7. The molecule has 4 aromatic carbocycles. The number of hydrogen-bond donors (Lipinski definition) is 0. The number of nitrogens with zero attached hydrogens (tertiary/aromatic N) is 2. The van der Waals surface area contributed by atoms with Gasteiger partial charge in [-0.2, -0.15) is 13.1 Å². The molecule has 0 radical (unpaired) electrons. The largest absolute Gasteiger partial charge is 0.497 e. The molecule has 3 heterocycles. The standard InChI is InChI=1S/C34H32N2O6S/c1-39-25-13-14-30-28(18-25)29-19-31-27-20-34(41-22-23-9-5-3-6-10-23)33(40-2)17-24(27)15-16-35(31)21-32(29)36(30)42-43(37,38)26-11-7-4-8-12-26/h3-14,17-18,20,31H,15-16,19,21-22H2,1-2H3. The van der Waals surface area contributed by atoms with E-state index in [0.29, 0.717) is 36.6 Å². The van der Waals surface area contributed by atoms with Crippen molar-refractivity contribution in [2.24, 2.45) is 0 Å². The Morgan fingerprint density at radius 2 is 1.63 bits per heavy atom. The number of ether oxygens (including phenoxy) is 3. The molecule has 1 atom stereocenters. The Kier molecular flexibility index (Phi) is 6.99. The smallest absolute Gasteiger partial charge is 0.357 e. The number of fused-ring (bicyclic) bond motifs is 6. The highest BCUT2D eigenvalue weighted by Gasteiger charge is 2.37. The van der Waals surface area contributed by atoms with Crippen molar-refractivity contribution in [3.63, 3.8) is 0 Å². The SMILES string of the molecule is COc1ccc2c(c1)c1c(n2OS(=O)(=O)c2ccccc2)CN2CCc3cc(OC)c(OCc4ccccc4)cc3C2C1. The van der Waals surface area contributed by atoms with Gasteiger partial charge in [-0.1, -0.05) is 48.5 Å². The lowest BCUT2D eigenvalue weighted by Gasteiger charge is -2.41. The molecule has 0 amide bonds. The second-order valence-electron chi connectivity index (χ2n) is 10.9. The number of aromatic nitrogens is 1. The van der Waals surface area contributed by atoms with Crippen LogP contribution in [0.25, 0.3) is 10.9 Å². The van der Waals surface area contributed by atoms with Gasteiger partial charge in [0.15, 0.2) is 11.5 Å². The summed E-state index contributed by atoms with van der Waals surface area (Å²) in [5.41, 5.74) is 6.08. The molecule has 0 bridgehead atoms. The van der Waals surface area contributed by atoms with Crippen molar-refractivity contribution in [3.8, 4) is 17.2 Å². The zero-order chi connectivity index (χ0) is 29.6. The fourth-order valence-electron chi connectivity index (χ4n) is 6.27. The topological polar surface area (TPSA) is 79.2 Å². The van der Waals surface area contributed by atoms with Crippen LogP contribution in [0, 0.1) is 0 Å². The molecule has 2 aliphatic heterocycles. The lowest BCUT2D eigenvalue weighted by Crippen LogP contribution is -2.40. The minimum atomic E-state index is -4.06. The minimum Gasteiger partial charge on any atom is -0.497 e. The predicted molar refractivity (Wildman–Crippen MR) is 163 cm³/mol. The van der Waals surface area contributed by atoms with Crippen molar-refractivity contribution < 1.29 is 26.9 Å². The van der Waals surface area contributed by atoms with Gasteiger partial charge < -0.3 is 14.2 Å². The maximum absolute atomic E-state index is 13.4. The average Bonchev–Trinajstić information content (AvgIpc) is 3.34. The van der Waals surface area contributed by atoms with E-state index < -0.39 is 10.1 Å². The van der Waals surface area contributed by atoms with E-state index in [1.165, 1.54) is 15.9 Å². The van der Waals surface area contributed by atoms with Crippen molar-refractivity contribution in [2.45, 2.75) is 36.9 Å². The summed E-state index contributed by atoms with van der Waals surface area (Å²) in [4.78, 5) is 2.50. The Morgan fingerprint density at radius 3 is 2.37 bits per heavy atom. The Labute approximate surface area is 251 Å². The lowest BCUT2D eigenvalue weighted by molar-refractivity contribution is 0.144. The summed E-state index contributed by atoms with van der Waals surface area (Å²) >= 11 is 0. The van der Waals surface area contributed by atoms with E-state index in [4.69, 9.17) is 18.5 Å². The first kappa shape index (κ1) is 27.4. The molecular weight excluding hydrogens is 564 g/mol. The molecule has 43 heavy (non-hydrogen) atoms. The molecule has 0 aliphatic carbocycles. The Balaban J connectivity index is 1.29. The van der Waals surface area contributed by atoms with Crippen molar-refractivity contribution in [1.29, 1.82) is 0 Å². The van der Waals surface area contributed by atoms with Crippen LogP contribution in [0.2, 0.25) is 0 Å².